The Labute approximate surface area is 131 Å². The van der Waals surface area contributed by atoms with Crippen molar-refractivity contribution in [1.82, 2.24) is 10.3 Å². The molecule has 5 rings (SSSR count). The summed E-state index contributed by atoms with van der Waals surface area (Å²) in [4.78, 5) is 26.1. The molecule has 118 valence electrons. The summed E-state index contributed by atoms with van der Waals surface area (Å²) in [6.07, 6.45) is 10.4. The van der Waals surface area contributed by atoms with Gasteiger partial charge in [0.2, 0.25) is 0 Å². The number of amides is 1. The highest BCUT2D eigenvalue weighted by Crippen LogP contribution is 2.61. The molecule has 0 aromatic carbocycles. The summed E-state index contributed by atoms with van der Waals surface area (Å²) < 4.78 is 0. The van der Waals surface area contributed by atoms with Gasteiger partial charge < -0.3 is 10.3 Å². The number of aldehydes is 1. The molecule has 4 nitrogen and oxygen atoms in total. The molecule has 1 aromatic heterocycles. The third-order valence-electron chi connectivity index (χ3n) is 6.44. The first kappa shape index (κ1) is 14.0. The summed E-state index contributed by atoms with van der Waals surface area (Å²) in [5, 5.41) is 3.20. The normalized spacial score (nSPS) is 37.0. The molecule has 4 fully saturated rings. The van der Waals surface area contributed by atoms with E-state index in [1.54, 1.807) is 12.3 Å². The summed E-state index contributed by atoms with van der Waals surface area (Å²) in [6, 6.07) is 1.82. The van der Waals surface area contributed by atoms with Gasteiger partial charge in [0.25, 0.3) is 5.91 Å². The van der Waals surface area contributed by atoms with E-state index in [1.807, 2.05) is 0 Å². The lowest BCUT2D eigenvalue weighted by molar-refractivity contribution is -0.0688. The standard InChI is InChI=1S/C18H24N2O2/c1-11(20-17(22)16-5-15(10-21)9-19-16)18-6-12-2-13(7-18)4-14(3-12)8-18/h5,9-14,19H,2-4,6-8H2,1H3,(H,20,22). The first-order valence-electron chi connectivity index (χ1n) is 8.52. The highest BCUT2D eigenvalue weighted by atomic mass is 16.2. The van der Waals surface area contributed by atoms with Gasteiger partial charge in [-0.3, -0.25) is 9.59 Å². The summed E-state index contributed by atoms with van der Waals surface area (Å²) in [5.74, 6) is 2.57. The maximum absolute atomic E-state index is 12.4. The number of carbonyl (C=O) groups excluding carboxylic acids is 2. The van der Waals surface area contributed by atoms with Crippen LogP contribution in [0.15, 0.2) is 12.3 Å². The number of hydrogen-bond acceptors (Lipinski definition) is 2. The van der Waals surface area contributed by atoms with E-state index in [1.165, 1.54) is 38.5 Å². The number of H-pyrrole nitrogens is 1. The van der Waals surface area contributed by atoms with Crippen LogP contribution in [0.3, 0.4) is 0 Å². The van der Waals surface area contributed by atoms with Gasteiger partial charge in [0, 0.05) is 17.8 Å². The van der Waals surface area contributed by atoms with Crippen molar-refractivity contribution in [1.29, 1.82) is 0 Å². The van der Waals surface area contributed by atoms with Gasteiger partial charge in [-0.1, -0.05) is 0 Å². The summed E-state index contributed by atoms with van der Waals surface area (Å²) in [6.45, 7) is 2.18. The highest BCUT2D eigenvalue weighted by Gasteiger charge is 2.53. The van der Waals surface area contributed by atoms with Gasteiger partial charge in [-0.15, -0.1) is 0 Å². The zero-order valence-corrected chi connectivity index (χ0v) is 13.1. The number of aromatic amines is 1. The molecule has 4 aliphatic carbocycles. The molecule has 1 amide bonds. The van der Waals surface area contributed by atoms with Crippen LogP contribution in [0.5, 0.6) is 0 Å². The first-order valence-corrected chi connectivity index (χ1v) is 8.52. The van der Waals surface area contributed by atoms with Crippen LogP contribution in [0.4, 0.5) is 0 Å². The van der Waals surface area contributed by atoms with Gasteiger partial charge in [0.05, 0.1) is 0 Å². The van der Waals surface area contributed by atoms with Crippen molar-refractivity contribution in [3.05, 3.63) is 23.5 Å². The van der Waals surface area contributed by atoms with Crippen molar-refractivity contribution in [3.63, 3.8) is 0 Å². The van der Waals surface area contributed by atoms with Crippen LogP contribution in [0.2, 0.25) is 0 Å². The second kappa shape index (κ2) is 4.97. The second-order valence-corrected chi connectivity index (χ2v) is 7.94. The van der Waals surface area contributed by atoms with Crippen LogP contribution in [0.1, 0.15) is 66.3 Å². The molecule has 1 atom stereocenters. The smallest absolute Gasteiger partial charge is 0.267 e. The van der Waals surface area contributed by atoms with E-state index in [0.29, 0.717) is 16.7 Å². The van der Waals surface area contributed by atoms with E-state index in [-0.39, 0.29) is 11.9 Å². The maximum Gasteiger partial charge on any atom is 0.267 e. The first-order chi connectivity index (χ1) is 10.6. The Bertz CT molecular complexity index is 569. The average Bonchev–Trinajstić information content (AvgIpc) is 2.94. The van der Waals surface area contributed by atoms with Gasteiger partial charge in [0.15, 0.2) is 6.29 Å². The monoisotopic (exact) mass is 300 g/mol. The van der Waals surface area contributed by atoms with Crippen molar-refractivity contribution in [2.24, 2.45) is 23.2 Å². The van der Waals surface area contributed by atoms with Crippen LogP contribution in [0.25, 0.3) is 0 Å². The van der Waals surface area contributed by atoms with Crippen LogP contribution < -0.4 is 5.32 Å². The Morgan fingerprint density at radius 2 is 1.86 bits per heavy atom. The lowest BCUT2D eigenvalue weighted by Crippen LogP contribution is -2.55. The minimum Gasteiger partial charge on any atom is -0.357 e. The lowest BCUT2D eigenvalue weighted by atomic mass is 9.48. The van der Waals surface area contributed by atoms with Crippen LogP contribution in [-0.4, -0.2) is 23.2 Å². The lowest BCUT2D eigenvalue weighted by Gasteiger charge is -2.59. The minimum atomic E-state index is -0.0867. The quantitative estimate of drug-likeness (QED) is 0.839. The zero-order chi connectivity index (χ0) is 15.3. The second-order valence-electron chi connectivity index (χ2n) is 7.94. The van der Waals surface area contributed by atoms with Crippen molar-refractivity contribution in [2.75, 3.05) is 0 Å². The molecule has 0 spiro atoms. The predicted octanol–water partition coefficient (Wildman–Crippen LogP) is 3.16. The van der Waals surface area contributed by atoms with Crippen LogP contribution in [-0.2, 0) is 0 Å². The minimum absolute atomic E-state index is 0.0867. The number of rotatable bonds is 4. The Morgan fingerprint density at radius 1 is 1.27 bits per heavy atom. The van der Waals surface area contributed by atoms with Crippen LogP contribution in [0, 0.1) is 23.2 Å². The molecule has 0 aliphatic heterocycles. The van der Waals surface area contributed by atoms with Gasteiger partial charge in [0.1, 0.15) is 5.69 Å². The third kappa shape index (κ3) is 2.20. The SMILES string of the molecule is CC(NC(=O)c1cc(C=O)c[nH]1)C12CC3CC(CC(C3)C1)C2. The van der Waals surface area contributed by atoms with Crippen molar-refractivity contribution < 1.29 is 9.59 Å². The molecule has 22 heavy (non-hydrogen) atoms. The molecule has 1 aromatic rings. The largest absolute Gasteiger partial charge is 0.357 e. The summed E-state index contributed by atoms with van der Waals surface area (Å²) in [5.41, 5.74) is 1.32. The summed E-state index contributed by atoms with van der Waals surface area (Å²) >= 11 is 0. The van der Waals surface area contributed by atoms with Crippen molar-refractivity contribution >= 4 is 12.2 Å². The van der Waals surface area contributed by atoms with E-state index in [4.69, 9.17) is 0 Å². The van der Waals surface area contributed by atoms with E-state index >= 15 is 0 Å². The van der Waals surface area contributed by atoms with Crippen molar-refractivity contribution in [2.45, 2.75) is 51.5 Å². The van der Waals surface area contributed by atoms with Crippen molar-refractivity contribution in [3.8, 4) is 0 Å². The Balaban J connectivity index is 1.48. The molecule has 0 radical (unpaired) electrons. The van der Waals surface area contributed by atoms with E-state index in [2.05, 4.69) is 17.2 Å². The summed E-state index contributed by atoms with van der Waals surface area (Å²) in [7, 11) is 0. The molecule has 4 heteroatoms. The number of carbonyl (C=O) groups is 2. The van der Waals surface area contributed by atoms with Gasteiger partial charge >= 0.3 is 0 Å². The van der Waals surface area contributed by atoms with Gasteiger partial charge in [-0.25, -0.2) is 0 Å². The fourth-order valence-electron chi connectivity index (χ4n) is 5.75. The fourth-order valence-corrected chi connectivity index (χ4v) is 5.75. The molecule has 1 heterocycles. The van der Waals surface area contributed by atoms with E-state index < -0.39 is 0 Å². The zero-order valence-electron chi connectivity index (χ0n) is 13.1. The molecule has 4 bridgehead atoms. The molecule has 1 unspecified atom stereocenters. The Morgan fingerprint density at radius 3 is 2.36 bits per heavy atom. The van der Waals surface area contributed by atoms with Gasteiger partial charge in [-0.2, -0.15) is 0 Å². The fraction of sp³-hybridized carbons (Fsp3) is 0.667. The van der Waals surface area contributed by atoms with Crippen LogP contribution >= 0.6 is 0 Å². The average molecular weight is 300 g/mol. The van der Waals surface area contributed by atoms with E-state index in [0.717, 1.165) is 24.0 Å². The predicted molar refractivity (Wildman–Crippen MR) is 83.7 cm³/mol. The van der Waals surface area contributed by atoms with Gasteiger partial charge in [-0.05, 0) is 74.7 Å². The number of nitrogens with one attached hydrogen (secondary N) is 2. The molecule has 4 aliphatic rings. The Hall–Kier alpha value is -1.58. The maximum atomic E-state index is 12.4. The molecule has 4 saturated carbocycles. The highest BCUT2D eigenvalue weighted by molar-refractivity contribution is 5.94. The number of aromatic nitrogens is 1. The number of hydrogen-bond donors (Lipinski definition) is 2. The van der Waals surface area contributed by atoms with E-state index in [9.17, 15) is 9.59 Å². The molecule has 0 saturated heterocycles. The Kier molecular flexibility index (Phi) is 3.17. The third-order valence-corrected chi connectivity index (χ3v) is 6.44. The molecular weight excluding hydrogens is 276 g/mol. The molecule has 2 N–H and O–H groups in total. The molecular formula is C18H24N2O2. The topological polar surface area (TPSA) is 62.0 Å².